The first-order valence-corrected chi connectivity index (χ1v) is 4.11. The molecule has 0 bridgehead atoms. The summed E-state index contributed by atoms with van der Waals surface area (Å²) in [5.41, 5.74) is 11.1. The Morgan fingerprint density at radius 3 is 2.53 bits per heavy atom. The third-order valence-electron chi connectivity index (χ3n) is 1.78. The van der Waals surface area contributed by atoms with E-state index in [0.717, 1.165) is 6.08 Å². The largest absolute Gasteiger partial charge is 0.478 e. The summed E-state index contributed by atoms with van der Waals surface area (Å²) < 4.78 is 0. The molecule has 5 N–H and O–H groups in total. The summed E-state index contributed by atoms with van der Waals surface area (Å²) in [4.78, 5) is 21.3. The number of carbonyl (C=O) groups excluding carboxylic acids is 1. The molecule has 0 saturated heterocycles. The molecule has 0 aliphatic heterocycles. The van der Waals surface area contributed by atoms with Crippen LogP contribution in [0.15, 0.2) is 24.3 Å². The second-order valence-electron chi connectivity index (χ2n) is 2.85. The van der Waals surface area contributed by atoms with Crippen LogP contribution < -0.4 is 11.5 Å². The number of nitrogens with two attached hydrogens (primary N) is 2. The van der Waals surface area contributed by atoms with Crippen molar-refractivity contribution in [3.05, 3.63) is 35.4 Å². The van der Waals surface area contributed by atoms with Crippen LogP contribution in [0.5, 0.6) is 0 Å². The number of amides is 1. The number of rotatable bonds is 3. The lowest BCUT2D eigenvalue weighted by Crippen LogP contribution is -2.07. The molecule has 15 heavy (non-hydrogen) atoms. The number of carbonyl (C=O) groups is 2. The van der Waals surface area contributed by atoms with E-state index in [1.54, 1.807) is 6.07 Å². The minimum Gasteiger partial charge on any atom is -0.478 e. The minimum atomic E-state index is -1.11. The van der Waals surface area contributed by atoms with Crippen molar-refractivity contribution >= 4 is 23.6 Å². The van der Waals surface area contributed by atoms with Gasteiger partial charge >= 0.3 is 5.97 Å². The second kappa shape index (κ2) is 4.28. The Bertz CT molecular complexity index is 438. The highest BCUT2D eigenvalue weighted by Crippen LogP contribution is 2.18. The molecule has 5 heteroatoms. The number of anilines is 1. The molecule has 1 aromatic carbocycles. The molecule has 0 saturated carbocycles. The highest BCUT2D eigenvalue weighted by Gasteiger charge is 2.09. The van der Waals surface area contributed by atoms with E-state index in [4.69, 9.17) is 16.6 Å². The van der Waals surface area contributed by atoms with Gasteiger partial charge in [-0.3, -0.25) is 4.79 Å². The number of benzene rings is 1. The highest BCUT2D eigenvalue weighted by molar-refractivity contribution is 5.98. The van der Waals surface area contributed by atoms with Gasteiger partial charge in [0.1, 0.15) is 0 Å². The summed E-state index contributed by atoms with van der Waals surface area (Å²) >= 11 is 0. The van der Waals surface area contributed by atoms with Crippen LogP contribution in [0.3, 0.4) is 0 Å². The van der Waals surface area contributed by atoms with Gasteiger partial charge in [0, 0.05) is 17.3 Å². The van der Waals surface area contributed by atoms with Gasteiger partial charge in [0.15, 0.2) is 0 Å². The van der Waals surface area contributed by atoms with Crippen molar-refractivity contribution in [3.8, 4) is 0 Å². The van der Waals surface area contributed by atoms with E-state index in [-0.39, 0.29) is 16.8 Å². The van der Waals surface area contributed by atoms with Gasteiger partial charge in [0.05, 0.1) is 5.56 Å². The maximum atomic E-state index is 10.8. The predicted octanol–water partition coefficient (Wildman–Crippen LogP) is 0.465. The molecule has 0 heterocycles. The van der Waals surface area contributed by atoms with Gasteiger partial charge in [-0.25, -0.2) is 4.79 Å². The van der Waals surface area contributed by atoms with Gasteiger partial charge in [0.25, 0.3) is 0 Å². The van der Waals surface area contributed by atoms with Crippen LogP contribution in [-0.2, 0) is 4.79 Å². The Morgan fingerprint density at radius 2 is 2.00 bits per heavy atom. The third-order valence-corrected chi connectivity index (χ3v) is 1.78. The number of carboxylic acids is 1. The minimum absolute atomic E-state index is 0.0347. The van der Waals surface area contributed by atoms with E-state index in [9.17, 15) is 9.59 Å². The second-order valence-corrected chi connectivity index (χ2v) is 2.85. The third kappa shape index (κ3) is 2.57. The summed E-state index contributed by atoms with van der Waals surface area (Å²) in [5, 5.41) is 8.85. The lowest BCUT2D eigenvalue weighted by molar-refractivity contribution is -0.113. The number of hydrogen-bond donors (Lipinski definition) is 3. The number of aromatic carboxylic acids is 1. The van der Waals surface area contributed by atoms with Gasteiger partial charge in [-0.15, -0.1) is 0 Å². The predicted molar refractivity (Wildman–Crippen MR) is 56.0 cm³/mol. The molecule has 0 atom stereocenters. The molecule has 1 rings (SSSR count). The van der Waals surface area contributed by atoms with E-state index in [0.29, 0.717) is 0 Å². The molecule has 0 aliphatic carbocycles. The Hall–Kier alpha value is -2.30. The van der Waals surface area contributed by atoms with Crippen LogP contribution in [0.2, 0.25) is 0 Å². The molecule has 0 fully saturated rings. The maximum absolute atomic E-state index is 10.8. The van der Waals surface area contributed by atoms with E-state index in [1.165, 1.54) is 18.2 Å². The van der Waals surface area contributed by atoms with Gasteiger partial charge in [-0.1, -0.05) is 6.07 Å². The summed E-state index contributed by atoms with van der Waals surface area (Å²) in [6.07, 6.45) is 2.36. The van der Waals surface area contributed by atoms with Gasteiger partial charge in [-0.2, -0.15) is 0 Å². The van der Waals surface area contributed by atoms with Crippen molar-refractivity contribution in [2.24, 2.45) is 5.73 Å². The molecule has 78 valence electrons. The number of primary amides is 1. The normalized spacial score (nSPS) is 10.4. The molecule has 0 aromatic heterocycles. The van der Waals surface area contributed by atoms with Gasteiger partial charge in [0.2, 0.25) is 5.91 Å². The Balaban J connectivity index is 3.25. The smallest absolute Gasteiger partial charge is 0.336 e. The van der Waals surface area contributed by atoms with Crippen molar-refractivity contribution in [1.82, 2.24) is 0 Å². The van der Waals surface area contributed by atoms with Crippen LogP contribution in [-0.4, -0.2) is 17.0 Å². The van der Waals surface area contributed by atoms with Crippen LogP contribution in [0, 0.1) is 0 Å². The van der Waals surface area contributed by atoms with E-state index >= 15 is 0 Å². The van der Waals surface area contributed by atoms with Crippen molar-refractivity contribution in [1.29, 1.82) is 0 Å². The number of carboxylic acid groups (broad SMARTS) is 1. The van der Waals surface area contributed by atoms with E-state index in [1.807, 2.05) is 0 Å². The zero-order valence-electron chi connectivity index (χ0n) is 7.81. The molecule has 0 radical (unpaired) electrons. The van der Waals surface area contributed by atoms with Crippen LogP contribution in [0.1, 0.15) is 15.9 Å². The molecule has 0 aliphatic rings. The van der Waals surface area contributed by atoms with Crippen molar-refractivity contribution in [3.63, 3.8) is 0 Å². The van der Waals surface area contributed by atoms with Crippen molar-refractivity contribution < 1.29 is 14.7 Å². The number of nitrogen functional groups attached to an aromatic ring is 1. The van der Waals surface area contributed by atoms with Crippen LogP contribution >= 0.6 is 0 Å². The average Bonchev–Trinajstić information content (AvgIpc) is 2.15. The number of hydrogen-bond acceptors (Lipinski definition) is 3. The first-order valence-electron chi connectivity index (χ1n) is 4.11. The summed E-state index contributed by atoms with van der Waals surface area (Å²) in [6.45, 7) is 0. The Morgan fingerprint density at radius 1 is 1.33 bits per heavy atom. The molecular formula is C10H10N2O3. The van der Waals surface area contributed by atoms with Crippen molar-refractivity contribution in [2.45, 2.75) is 0 Å². The van der Waals surface area contributed by atoms with Crippen LogP contribution in [0.4, 0.5) is 5.69 Å². The zero-order chi connectivity index (χ0) is 11.4. The first-order chi connectivity index (χ1) is 7.02. The summed E-state index contributed by atoms with van der Waals surface area (Å²) in [7, 11) is 0. The topological polar surface area (TPSA) is 106 Å². The molecule has 1 amide bonds. The summed E-state index contributed by atoms with van der Waals surface area (Å²) in [5.74, 6) is -1.76. The van der Waals surface area contributed by atoms with Crippen LogP contribution in [0.25, 0.3) is 6.08 Å². The average molecular weight is 206 g/mol. The first kappa shape index (κ1) is 10.8. The fourth-order valence-corrected chi connectivity index (χ4v) is 1.12. The Labute approximate surface area is 86.0 Å². The highest BCUT2D eigenvalue weighted by atomic mass is 16.4. The standard InChI is InChI=1S/C10H10N2O3/c11-8-3-1-2-7(10(14)15)6(8)4-5-9(12)13/h1-5H,11H2,(H2,12,13)(H,14,15). The van der Waals surface area contributed by atoms with Gasteiger partial charge < -0.3 is 16.6 Å². The summed E-state index contributed by atoms with van der Waals surface area (Å²) in [6, 6.07) is 4.48. The van der Waals surface area contributed by atoms with E-state index in [2.05, 4.69) is 0 Å². The monoisotopic (exact) mass is 206 g/mol. The van der Waals surface area contributed by atoms with Gasteiger partial charge in [-0.05, 0) is 18.2 Å². The SMILES string of the molecule is NC(=O)C=Cc1c(N)cccc1C(=O)O. The molecular weight excluding hydrogens is 196 g/mol. The molecule has 0 spiro atoms. The molecule has 5 nitrogen and oxygen atoms in total. The quantitative estimate of drug-likeness (QED) is 0.493. The van der Waals surface area contributed by atoms with E-state index < -0.39 is 11.9 Å². The maximum Gasteiger partial charge on any atom is 0.336 e. The van der Waals surface area contributed by atoms with Crippen molar-refractivity contribution in [2.75, 3.05) is 5.73 Å². The lowest BCUT2D eigenvalue weighted by atomic mass is 10.1. The lowest BCUT2D eigenvalue weighted by Gasteiger charge is -2.03. The molecule has 1 aromatic rings. The Kier molecular flexibility index (Phi) is 3.07. The fourth-order valence-electron chi connectivity index (χ4n) is 1.12. The zero-order valence-corrected chi connectivity index (χ0v) is 7.81. The molecule has 0 unspecified atom stereocenters. The fraction of sp³-hybridized carbons (Fsp3) is 0.